The molecule has 1 atom stereocenters. The molecule has 0 spiro atoms. The summed E-state index contributed by atoms with van der Waals surface area (Å²) in [6.45, 7) is -0.720. The van der Waals surface area contributed by atoms with Gasteiger partial charge in [-0.3, -0.25) is 9.08 Å². The third kappa shape index (κ3) is 6.66. The molecule has 1 rings (SSSR count). The minimum atomic E-state index is -3.83. The van der Waals surface area contributed by atoms with E-state index in [2.05, 4.69) is 8.92 Å². The Labute approximate surface area is 136 Å². The molecule has 8 nitrogen and oxygen atoms in total. The molecule has 1 amide bonds. The van der Waals surface area contributed by atoms with E-state index in [0.29, 0.717) is 0 Å². The standard InChI is InChI=1S/C14H19NO7S/c1-15(12(13(16)20-2)10-22-23(3,18)19)14(17)21-9-11-7-5-4-6-8-11/h4-8,12H,9-10H2,1-3H3/t12-/m0/s1/i1D. The van der Waals surface area contributed by atoms with Crippen molar-refractivity contribution in [3.63, 3.8) is 0 Å². The van der Waals surface area contributed by atoms with Gasteiger partial charge in [0.1, 0.15) is 6.61 Å². The molecule has 9 heteroatoms. The van der Waals surface area contributed by atoms with Gasteiger partial charge in [-0.1, -0.05) is 30.3 Å². The third-order valence-electron chi connectivity index (χ3n) is 2.73. The van der Waals surface area contributed by atoms with Crippen molar-refractivity contribution in [1.82, 2.24) is 4.90 Å². The van der Waals surface area contributed by atoms with Crippen molar-refractivity contribution < 1.29 is 33.0 Å². The van der Waals surface area contributed by atoms with E-state index in [4.69, 9.17) is 6.11 Å². The van der Waals surface area contributed by atoms with Crippen LogP contribution in [0.5, 0.6) is 0 Å². The second kappa shape index (κ2) is 8.49. The molecule has 0 saturated heterocycles. The van der Waals surface area contributed by atoms with E-state index in [-0.39, 0.29) is 6.61 Å². The molecule has 0 bridgehead atoms. The molecular weight excluding hydrogens is 326 g/mol. The van der Waals surface area contributed by atoms with Crippen LogP contribution in [0.4, 0.5) is 4.79 Å². The van der Waals surface area contributed by atoms with Gasteiger partial charge in [-0.05, 0) is 5.56 Å². The van der Waals surface area contributed by atoms with Crippen LogP contribution in [-0.2, 0) is 35.2 Å². The molecule has 0 saturated carbocycles. The summed E-state index contributed by atoms with van der Waals surface area (Å²) in [6, 6.07) is 7.40. The quantitative estimate of drug-likeness (QED) is 0.531. The van der Waals surface area contributed by atoms with Gasteiger partial charge in [0.15, 0.2) is 6.04 Å². The Balaban J connectivity index is 2.79. The van der Waals surface area contributed by atoms with Crippen LogP contribution in [0.3, 0.4) is 0 Å². The number of likely N-dealkylation sites (N-methyl/N-ethyl adjacent to an activating group) is 1. The number of esters is 1. The van der Waals surface area contributed by atoms with Crippen LogP contribution < -0.4 is 0 Å². The normalized spacial score (nSPS) is 12.9. The third-order valence-corrected chi connectivity index (χ3v) is 3.29. The van der Waals surface area contributed by atoms with Gasteiger partial charge in [0.2, 0.25) is 0 Å². The number of benzene rings is 1. The van der Waals surface area contributed by atoms with Crippen LogP contribution in [0.2, 0.25) is 0 Å². The lowest BCUT2D eigenvalue weighted by Gasteiger charge is -2.24. The number of methoxy groups -OCH3 is 1. The molecule has 23 heavy (non-hydrogen) atoms. The topological polar surface area (TPSA) is 99.2 Å². The molecule has 0 heterocycles. The Kier molecular flexibility index (Phi) is 6.36. The average Bonchev–Trinajstić information content (AvgIpc) is 2.55. The number of carbonyl (C=O) groups excluding carboxylic acids is 2. The monoisotopic (exact) mass is 346 g/mol. The van der Waals surface area contributed by atoms with Gasteiger partial charge < -0.3 is 9.47 Å². The Hall–Kier alpha value is -2.13. The highest BCUT2D eigenvalue weighted by molar-refractivity contribution is 7.85. The van der Waals surface area contributed by atoms with Gasteiger partial charge >= 0.3 is 12.1 Å². The number of carbonyl (C=O) groups is 2. The molecule has 0 aliphatic heterocycles. The summed E-state index contributed by atoms with van der Waals surface area (Å²) in [4.78, 5) is 24.6. The highest BCUT2D eigenvalue weighted by Crippen LogP contribution is 2.07. The Bertz CT molecular complexity index is 650. The lowest BCUT2D eigenvalue weighted by molar-refractivity contribution is -0.147. The van der Waals surface area contributed by atoms with Crippen molar-refractivity contribution in [3.05, 3.63) is 35.9 Å². The Morgan fingerprint density at radius 3 is 2.48 bits per heavy atom. The number of hydrogen-bond donors (Lipinski definition) is 0. The first kappa shape index (κ1) is 17.2. The summed E-state index contributed by atoms with van der Waals surface area (Å²) in [6.07, 6.45) is -0.151. The molecule has 0 radical (unpaired) electrons. The summed E-state index contributed by atoms with van der Waals surface area (Å²) in [5, 5.41) is 0. The molecule has 0 aliphatic rings. The van der Waals surface area contributed by atoms with Crippen molar-refractivity contribution in [2.24, 2.45) is 0 Å². The molecule has 0 N–H and O–H groups in total. The fraction of sp³-hybridized carbons (Fsp3) is 0.429. The summed E-state index contributed by atoms with van der Waals surface area (Å²) in [7, 11) is -3.39. The fourth-order valence-electron chi connectivity index (χ4n) is 1.54. The van der Waals surface area contributed by atoms with Crippen LogP contribution in [0, 0.1) is 0 Å². The number of rotatable bonds is 7. The molecule has 0 unspecified atom stereocenters. The van der Waals surface area contributed by atoms with Crippen LogP contribution >= 0.6 is 0 Å². The maximum atomic E-state index is 12.1. The zero-order valence-electron chi connectivity index (χ0n) is 13.8. The van der Waals surface area contributed by atoms with Gasteiger partial charge in [0, 0.05) is 8.39 Å². The summed E-state index contributed by atoms with van der Waals surface area (Å²) >= 11 is 0. The first-order valence-corrected chi connectivity index (χ1v) is 8.29. The van der Waals surface area contributed by atoms with Crippen molar-refractivity contribution in [2.45, 2.75) is 12.6 Å². The minimum Gasteiger partial charge on any atom is -0.467 e. The van der Waals surface area contributed by atoms with Gasteiger partial charge in [0.25, 0.3) is 10.1 Å². The van der Waals surface area contributed by atoms with Crippen molar-refractivity contribution in [3.8, 4) is 0 Å². The number of amides is 1. The average molecular weight is 346 g/mol. The molecule has 0 aromatic heterocycles. The zero-order valence-corrected chi connectivity index (χ0v) is 13.6. The summed E-state index contributed by atoms with van der Waals surface area (Å²) < 4.78 is 43.7. The second-order valence-corrected chi connectivity index (χ2v) is 6.18. The molecular formula is C14H19NO7S. The highest BCUT2D eigenvalue weighted by Gasteiger charge is 2.30. The maximum absolute atomic E-state index is 12.1. The number of ether oxygens (including phenoxy) is 2. The first-order valence-electron chi connectivity index (χ1n) is 7.18. The smallest absolute Gasteiger partial charge is 0.410 e. The first-order chi connectivity index (χ1) is 11.3. The van der Waals surface area contributed by atoms with E-state index in [9.17, 15) is 18.0 Å². The van der Waals surface area contributed by atoms with Crippen LogP contribution in [0.15, 0.2) is 30.3 Å². The Morgan fingerprint density at radius 2 is 1.96 bits per heavy atom. The van der Waals surface area contributed by atoms with Gasteiger partial charge in [-0.25, -0.2) is 9.59 Å². The van der Waals surface area contributed by atoms with E-state index in [1.807, 2.05) is 0 Å². The maximum Gasteiger partial charge on any atom is 0.410 e. The molecule has 0 fully saturated rings. The van der Waals surface area contributed by atoms with Crippen LogP contribution in [-0.4, -0.2) is 58.4 Å². The highest BCUT2D eigenvalue weighted by atomic mass is 32.2. The van der Waals surface area contributed by atoms with Gasteiger partial charge in [0.05, 0.1) is 20.0 Å². The fourth-order valence-corrected chi connectivity index (χ4v) is 1.91. The number of hydrogen-bond acceptors (Lipinski definition) is 7. The zero-order chi connectivity index (χ0) is 18.2. The summed E-state index contributed by atoms with van der Waals surface area (Å²) in [5.74, 6) is -0.914. The predicted octanol–water partition coefficient (Wildman–Crippen LogP) is 0.773. The molecule has 128 valence electrons. The van der Waals surface area contributed by atoms with Crippen molar-refractivity contribution in [1.29, 1.82) is 0 Å². The van der Waals surface area contributed by atoms with E-state index in [1.54, 1.807) is 30.3 Å². The van der Waals surface area contributed by atoms with Crippen LogP contribution in [0.25, 0.3) is 0 Å². The molecule has 0 aliphatic carbocycles. The summed E-state index contributed by atoms with van der Waals surface area (Å²) in [5.41, 5.74) is 0.720. The second-order valence-electron chi connectivity index (χ2n) is 4.54. The van der Waals surface area contributed by atoms with Gasteiger partial charge in [-0.15, -0.1) is 0 Å². The van der Waals surface area contributed by atoms with Crippen LogP contribution in [0.1, 0.15) is 6.93 Å². The van der Waals surface area contributed by atoms with E-state index < -0.39 is 41.9 Å². The predicted molar refractivity (Wildman–Crippen MR) is 81.0 cm³/mol. The van der Waals surface area contributed by atoms with E-state index in [1.165, 1.54) is 0 Å². The lowest BCUT2D eigenvalue weighted by Crippen LogP contribution is -2.46. The molecule has 1 aromatic rings. The van der Waals surface area contributed by atoms with E-state index in [0.717, 1.165) is 23.8 Å². The van der Waals surface area contributed by atoms with E-state index >= 15 is 0 Å². The molecule has 1 aromatic carbocycles. The minimum absolute atomic E-state index is 0.0585. The lowest BCUT2D eigenvalue weighted by atomic mass is 10.2. The number of nitrogens with zero attached hydrogens (tertiary/aromatic N) is 1. The largest absolute Gasteiger partial charge is 0.467 e. The van der Waals surface area contributed by atoms with Gasteiger partial charge in [-0.2, -0.15) is 8.42 Å². The Morgan fingerprint density at radius 1 is 1.30 bits per heavy atom. The van der Waals surface area contributed by atoms with Crippen molar-refractivity contribution in [2.75, 3.05) is 27.0 Å². The SMILES string of the molecule is [2H]CN(C(=O)OCc1ccccc1)[C@@H](COS(C)(=O)=O)C(=O)OC. The van der Waals surface area contributed by atoms with Crippen molar-refractivity contribution >= 4 is 22.2 Å².